The Bertz CT molecular complexity index is 459. The number of aromatic nitrogens is 1. The second kappa shape index (κ2) is 5.73. The highest BCUT2D eigenvalue weighted by atomic mass is 127. The van der Waals surface area contributed by atoms with Gasteiger partial charge in [-0.05, 0) is 28.7 Å². The highest BCUT2D eigenvalue weighted by Crippen LogP contribution is 2.31. The number of hydrogen-bond donors (Lipinski definition) is 0. The number of pyridine rings is 1. The largest absolute Gasteiger partial charge is 0.573 e. The van der Waals surface area contributed by atoms with Crippen LogP contribution in [-0.2, 0) is 12.3 Å². The molecule has 8 heteroatoms. The third-order valence-electron chi connectivity index (χ3n) is 1.70. The maximum atomic E-state index is 12.2. The van der Waals surface area contributed by atoms with Gasteiger partial charge in [0.25, 0.3) is 0 Å². The van der Waals surface area contributed by atoms with E-state index in [2.05, 4.69) is 9.72 Å². The SMILES string of the molecule is N#CCc1nc(I)cc(CCl)c1OC(F)(F)F. The van der Waals surface area contributed by atoms with Gasteiger partial charge >= 0.3 is 6.36 Å². The van der Waals surface area contributed by atoms with Gasteiger partial charge in [-0.3, -0.25) is 0 Å². The number of nitriles is 1. The van der Waals surface area contributed by atoms with Crippen LogP contribution in [0.25, 0.3) is 0 Å². The van der Waals surface area contributed by atoms with Crippen molar-refractivity contribution >= 4 is 34.2 Å². The van der Waals surface area contributed by atoms with Gasteiger partial charge in [0.05, 0.1) is 24.1 Å². The Morgan fingerprint density at radius 2 is 2.18 bits per heavy atom. The van der Waals surface area contributed by atoms with Crippen LogP contribution in [0.2, 0.25) is 0 Å². The monoisotopic (exact) mass is 376 g/mol. The van der Waals surface area contributed by atoms with E-state index in [9.17, 15) is 13.2 Å². The van der Waals surface area contributed by atoms with Crippen molar-refractivity contribution in [2.24, 2.45) is 0 Å². The number of ether oxygens (including phenoxy) is 1. The summed E-state index contributed by atoms with van der Waals surface area (Å²) in [6.45, 7) is 0. The van der Waals surface area contributed by atoms with E-state index in [1.807, 2.05) is 22.6 Å². The summed E-state index contributed by atoms with van der Waals surface area (Å²) in [4.78, 5) is 3.84. The van der Waals surface area contributed by atoms with Crippen molar-refractivity contribution in [3.8, 4) is 11.8 Å². The van der Waals surface area contributed by atoms with Gasteiger partial charge in [0, 0.05) is 5.56 Å². The molecule has 1 rings (SSSR count). The molecule has 17 heavy (non-hydrogen) atoms. The fourth-order valence-electron chi connectivity index (χ4n) is 1.14. The predicted molar refractivity (Wildman–Crippen MR) is 62.5 cm³/mol. The van der Waals surface area contributed by atoms with Gasteiger partial charge in [0.15, 0.2) is 5.75 Å². The Morgan fingerprint density at radius 3 is 2.65 bits per heavy atom. The number of rotatable bonds is 3. The predicted octanol–water partition coefficient (Wildman–Crippen LogP) is 3.39. The normalized spacial score (nSPS) is 11.1. The first-order valence-electron chi connectivity index (χ1n) is 4.24. The number of halogens is 5. The van der Waals surface area contributed by atoms with E-state index in [4.69, 9.17) is 16.9 Å². The lowest BCUT2D eigenvalue weighted by Gasteiger charge is -2.14. The Kier molecular flexibility index (Phi) is 4.82. The molecule has 0 bridgehead atoms. The number of hydrogen-bond acceptors (Lipinski definition) is 3. The van der Waals surface area contributed by atoms with Crippen LogP contribution in [0.15, 0.2) is 6.07 Å². The third kappa shape index (κ3) is 4.20. The molecule has 3 nitrogen and oxygen atoms in total. The summed E-state index contributed by atoms with van der Waals surface area (Å²) in [6, 6.07) is 3.12. The number of alkyl halides is 4. The molecule has 0 atom stereocenters. The van der Waals surface area contributed by atoms with Crippen molar-refractivity contribution in [2.45, 2.75) is 18.7 Å². The van der Waals surface area contributed by atoms with E-state index in [-0.39, 0.29) is 23.6 Å². The van der Waals surface area contributed by atoms with E-state index in [1.54, 1.807) is 6.07 Å². The first kappa shape index (κ1) is 14.3. The molecule has 0 aliphatic carbocycles. The first-order chi connectivity index (χ1) is 7.87. The second-order valence-corrected chi connectivity index (χ2v) is 4.27. The fourth-order valence-corrected chi connectivity index (χ4v) is 2.01. The van der Waals surface area contributed by atoms with Gasteiger partial charge in [-0.1, -0.05) is 0 Å². The molecule has 1 aromatic heterocycles. The van der Waals surface area contributed by atoms with Gasteiger partial charge in [-0.2, -0.15) is 5.26 Å². The maximum absolute atomic E-state index is 12.2. The lowest BCUT2D eigenvalue weighted by Crippen LogP contribution is -2.20. The molecule has 0 aliphatic rings. The van der Waals surface area contributed by atoms with Gasteiger partial charge < -0.3 is 4.74 Å². The summed E-state index contributed by atoms with van der Waals surface area (Å²) in [6.07, 6.45) is -5.11. The summed E-state index contributed by atoms with van der Waals surface area (Å²) < 4.78 is 40.9. The van der Waals surface area contributed by atoms with Gasteiger partial charge in [-0.15, -0.1) is 24.8 Å². The van der Waals surface area contributed by atoms with E-state index >= 15 is 0 Å². The molecule has 0 N–H and O–H groups in total. The van der Waals surface area contributed by atoms with Gasteiger partial charge in [-0.25, -0.2) is 4.98 Å². The standard InChI is InChI=1S/C9H5ClF3IN2O/c10-4-5-3-7(14)16-6(1-2-15)8(5)17-9(11,12)13/h3H,1,4H2. The summed E-state index contributed by atoms with van der Waals surface area (Å²) in [5, 5.41) is 8.53. The maximum Gasteiger partial charge on any atom is 0.573 e. The van der Waals surface area contributed by atoms with Crippen LogP contribution >= 0.6 is 34.2 Å². The minimum Gasteiger partial charge on any atom is -0.403 e. The average molecular weight is 377 g/mol. The van der Waals surface area contributed by atoms with E-state index in [0.29, 0.717) is 3.70 Å². The van der Waals surface area contributed by atoms with Crippen LogP contribution in [-0.4, -0.2) is 11.3 Å². The van der Waals surface area contributed by atoms with Crippen molar-refractivity contribution in [3.05, 3.63) is 21.0 Å². The molecule has 0 saturated carbocycles. The molecule has 0 aromatic carbocycles. The molecular formula is C9H5ClF3IN2O. The van der Waals surface area contributed by atoms with Crippen LogP contribution in [0.5, 0.6) is 5.75 Å². The highest BCUT2D eigenvalue weighted by Gasteiger charge is 2.33. The first-order valence-corrected chi connectivity index (χ1v) is 5.85. The van der Waals surface area contributed by atoms with Crippen LogP contribution in [0.3, 0.4) is 0 Å². The Hall–Kier alpha value is -0.750. The van der Waals surface area contributed by atoms with E-state index < -0.39 is 12.1 Å². The zero-order valence-electron chi connectivity index (χ0n) is 8.18. The molecule has 0 amide bonds. The van der Waals surface area contributed by atoms with E-state index in [0.717, 1.165) is 0 Å². The van der Waals surface area contributed by atoms with Crippen LogP contribution in [0, 0.1) is 15.0 Å². The Morgan fingerprint density at radius 1 is 1.53 bits per heavy atom. The molecule has 1 heterocycles. The van der Waals surface area contributed by atoms with Gasteiger partial charge in [0.2, 0.25) is 0 Å². The molecular weight excluding hydrogens is 371 g/mol. The third-order valence-corrected chi connectivity index (χ3v) is 2.54. The molecule has 0 saturated heterocycles. The average Bonchev–Trinajstić information content (AvgIpc) is 2.20. The second-order valence-electron chi connectivity index (χ2n) is 2.90. The summed E-state index contributed by atoms with van der Waals surface area (Å²) in [5.41, 5.74) is 0.0982. The molecule has 0 spiro atoms. The molecule has 0 radical (unpaired) electrons. The van der Waals surface area contributed by atoms with Crippen LogP contribution < -0.4 is 4.74 Å². The van der Waals surface area contributed by atoms with Crippen molar-refractivity contribution in [1.29, 1.82) is 5.26 Å². The quantitative estimate of drug-likeness (QED) is 0.461. The molecule has 1 aromatic rings. The fraction of sp³-hybridized carbons (Fsp3) is 0.333. The van der Waals surface area contributed by atoms with Crippen molar-refractivity contribution < 1.29 is 17.9 Å². The molecule has 92 valence electrons. The minimum absolute atomic E-state index is 0.0626. The lowest BCUT2D eigenvalue weighted by molar-refractivity contribution is -0.275. The topological polar surface area (TPSA) is 45.9 Å². The van der Waals surface area contributed by atoms with Crippen molar-refractivity contribution in [1.82, 2.24) is 4.98 Å². The minimum atomic E-state index is -4.83. The Balaban J connectivity index is 3.27. The van der Waals surface area contributed by atoms with Crippen LogP contribution in [0.4, 0.5) is 13.2 Å². The highest BCUT2D eigenvalue weighted by molar-refractivity contribution is 14.1. The Labute approximate surface area is 114 Å². The molecule has 0 unspecified atom stereocenters. The molecule has 0 fully saturated rings. The zero-order valence-corrected chi connectivity index (χ0v) is 11.1. The van der Waals surface area contributed by atoms with Crippen LogP contribution in [0.1, 0.15) is 11.3 Å². The van der Waals surface area contributed by atoms with Gasteiger partial charge in [0.1, 0.15) is 3.70 Å². The van der Waals surface area contributed by atoms with Crippen molar-refractivity contribution in [2.75, 3.05) is 0 Å². The zero-order chi connectivity index (χ0) is 13.1. The lowest BCUT2D eigenvalue weighted by atomic mass is 10.2. The summed E-state index contributed by atoms with van der Waals surface area (Å²) >= 11 is 7.38. The van der Waals surface area contributed by atoms with Crippen molar-refractivity contribution in [3.63, 3.8) is 0 Å². The summed E-state index contributed by atoms with van der Waals surface area (Å²) in [7, 11) is 0. The smallest absolute Gasteiger partial charge is 0.403 e. The summed E-state index contributed by atoms with van der Waals surface area (Å²) in [5.74, 6) is -0.628. The molecule has 0 aliphatic heterocycles. The number of nitrogens with zero attached hydrogens (tertiary/aromatic N) is 2. The van der Waals surface area contributed by atoms with E-state index in [1.165, 1.54) is 6.07 Å².